The molecule has 1 unspecified atom stereocenters. The molecule has 1 fully saturated rings. The Bertz CT molecular complexity index is 211. The average Bonchev–Trinajstić information content (AvgIpc) is 2.25. The molecule has 1 N–H and O–H groups in total. The second-order valence-electron chi connectivity index (χ2n) is 6.34. The van der Waals surface area contributed by atoms with Gasteiger partial charge in [0.2, 0.25) is 0 Å². The third-order valence-corrected chi connectivity index (χ3v) is 3.59. The normalized spacial score (nSPS) is 27.7. The van der Waals surface area contributed by atoms with Crippen LogP contribution in [0.5, 0.6) is 0 Å². The molecule has 0 bridgehead atoms. The zero-order chi connectivity index (χ0) is 13.5. The van der Waals surface area contributed by atoms with Gasteiger partial charge in [0.25, 0.3) is 0 Å². The van der Waals surface area contributed by atoms with E-state index in [1.165, 1.54) is 12.8 Å². The van der Waals surface area contributed by atoms with Crippen molar-refractivity contribution in [2.75, 3.05) is 26.2 Å². The summed E-state index contributed by atoms with van der Waals surface area (Å²) >= 11 is 0. The second-order valence-corrected chi connectivity index (χ2v) is 6.34. The van der Waals surface area contributed by atoms with E-state index in [1.54, 1.807) is 0 Å². The number of hydrogen-bond acceptors (Lipinski definition) is 3. The predicted octanol–water partition coefficient (Wildman–Crippen LogP) is 2.51. The van der Waals surface area contributed by atoms with Crippen molar-refractivity contribution in [1.29, 1.82) is 0 Å². The Kier molecular flexibility index (Phi) is 7.20. The summed E-state index contributed by atoms with van der Waals surface area (Å²) in [5, 5.41) is 3.63. The van der Waals surface area contributed by atoms with Gasteiger partial charge in [0.15, 0.2) is 0 Å². The van der Waals surface area contributed by atoms with Crippen LogP contribution in [0.1, 0.15) is 47.5 Å². The molecule has 1 rings (SSSR count). The van der Waals surface area contributed by atoms with Crippen LogP contribution in [0.15, 0.2) is 0 Å². The standard InChI is InChI=1S/C15H32N2O/c1-12(2)6-7-13(3)16-8-9-17-10-14(4)18-15(5)11-17/h12-16H,6-11H2,1-5H3/t13?,14-,15+. The third kappa shape index (κ3) is 6.72. The van der Waals surface area contributed by atoms with Gasteiger partial charge in [-0.05, 0) is 39.5 Å². The highest BCUT2D eigenvalue weighted by molar-refractivity contribution is 4.74. The summed E-state index contributed by atoms with van der Waals surface area (Å²) in [7, 11) is 0. The van der Waals surface area contributed by atoms with E-state index in [4.69, 9.17) is 4.74 Å². The van der Waals surface area contributed by atoms with E-state index in [1.807, 2.05) is 0 Å². The lowest BCUT2D eigenvalue weighted by atomic mass is 10.0. The van der Waals surface area contributed by atoms with Crippen LogP contribution >= 0.6 is 0 Å². The number of rotatable bonds is 7. The van der Waals surface area contributed by atoms with Gasteiger partial charge in [-0.2, -0.15) is 0 Å². The van der Waals surface area contributed by atoms with Gasteiger partial charge in [-0.3, -0.25) is 4.90 Å². The highest BCUT2D eigenvalue weighted by Gasteiger charge is 2.21. The van der Waals surface area contributed by atoms with Crippen LogP contribution in [0.25, 0.3) is 0 Å². The molecule has 0 aliphatic carbocycles. The molecule has 0 spiro atoms. The fourth-order valence-electron chi connectivity index (χ4n) is 2.62. The van der Waals surface area contributed by atoms with Crippen molar-refractivity contribution in [1.82, 2.24) is 10.2 Å². The van der Waals surface area contributed by atoms with Crippen LogP contribution in [0, 0.1) is 5.92 Å². The second kappa shape index (κ2) is 8.13. The largest absolute Gasteiger partial charge is 0.373 e. The minimum Gasteiger partial charge on any atom is -0.373 e. The molecule has 1 saturated heterocycles. The Morgan fingerprint density at radius 1 is 1.11 bits per heavy atom. The van der Waals surface area contributed by atoms with Gasteiger partial charge in [0.05, 0.1) is 12.2 Å². The maximum absolute atomic E-state index is 5.75. The zero-order valence-electron chi connectivity index (χ0n) is 12.9. The molecule has 18 heavy (non-hydrogen) atoms. The first-order valence-corrected chi connectivity index (χ1v) is 7.58. The van der Waals surface area contributed by atoms with Gasteiger partial charge in [-0.15, -0.1) is 0 Å². The van der Waals surface area contributed by atoms with Gasteiger partial charge in [-0.1, -0.05) is 13.8 Å². The van der Waals surface area contributed by atoms with Gasteiger partial charge >= 0.3 is 0 Å². The Labute approximate surface area is 113 Å². The van der Waals surface area contributed by atoms with Crippen molar-refractivity contribution in [2.24, 2.45) is 5.92 Å². The first-order valence-electron chi connectivity index (χ1n) is 7.58. The van der Waals surface area contributed by atoms with E-state index in [9.17, 15) is 0 Å². The Balaban J connectivity index is 2.09. The molecule has 108 valence electrons. The summed E-state index contributed by atoms with van der Waals surface area (Å²) in [4.78, 5) is 2.51. The Morgan fingerprint density at radius 2 is 1.72 bits per heavy atom. The van der Waals surface area contributed by atoms with Crippen molar-refractivity contribution in [3.05, 3.63) is 0 Å². The van der Waals surface area contributed by atoms with E-state index < -0.39 is 0 Å². The lowest BCUT2D eigenvalue weighted by Gasteiger charge is -2.35. The fraction of sp³-hybridized carbons (Fsp3) is 1.00. The molecule has 0 aromatic rings. The van der Waals surface area contributed by atoms with Crippen molar-refractivity contribution >= 4 is 0 Å². The molecule has 3 heteroatoms. The van der Waals surface area contributed by atoms with Gasteiger partial charge in [-0.25, -0.2) is 0 Å². The molecule has 3 atom stereocenters. The minimum absolute atomic E-state index is 0.382. The summed E-state index contributed by atoms with van der Waals surface area (Å²) in [5.41, 5.74) is 0. The molecule has 1 heterocycles. The SMILES string of the molecule is CC(C)CCC(C)NCCN1C[C@@H](C)O[C@@H](C)C1. The summed E-state index contributed by atoms with van der Waals surface area (Å²) in [6.07, 6.45) is 3.37. The maximum Gasteiger partial charge on any atom is 0.0678 e. The summed E-state index contributed by atoms with van der Waals surface area (Å²) in [6, 6.07) is 0.642. The highest BCUT2D eigenvalue weighted by Crippen LogP contribution is 2.10. The highest BCUT2D eigenvalue weighted by atomic mass is 16.5. The first-order chi connectivity index (χ1) is 8.47. The molecule has 3 nitrogen and oxygen atoms in total. The quantitative estimate of drug-likeness (QED) is 0.757. The van der Waals surface area contributed by atoms with Crippen molar-refractivity contribution < 1.29 is 4.74 Å². The molecular weight excluding hydrogens is 224 g/mol. The number of ether oxygens (including phenoxy) is 1. The smallest absolute Gasteiger partial charge is 0.0678 e. The van der Waals surface area contributed by atoms with Crippen LogP contribution in [0.3, 0.4) is 0 Å². The average molecular weight is 256 g/mol. The minimum atomic E-state index is 0.382. The van der Waals surface area contributed by atoms with Crippen LogP contribution in [-0.4, -0.2) is 49.3 Å². The molecule has 0 aromatic carbocycles. The molecule has 0 aromatic heterocycles. The van der Waals surface area contributed by atoms with E-state index >= 15 is 0 Å². The van der Waals surface area contributed by atoms with E-state index in [0.717, 1.165) is 32.1 Å². The maximum atomic E-state index is 5.75. The predicted molar refractivity (Wildman–Crippen MR) is 78.0 cm³/mol. The third-order valence-electron chi connectivity index (χ3n) is 3.59. The van der Waals surface area contributed by atoms with E-state index in [-0.39, 0.29) is 0 Å². The fourth-order valence-corrected chi connectivity index (χ4v) is 2.62. The van der Waals surface area contributed by atoms with Crippen LogP contribution in [0.4, 0.5) is 0 Å². The molecular formula is C15H32N2O. The summed E-state index contributed by atoms with van der Waals surface area (Å²) < 4.78 is 5.75. The van der Waals surface area contributed by atoms with E-state index in [0.29, 0.717) is 18.2 Å². The van der Waals surface area contributed by atoms with Gasteiger partial charge < -0.3 is 10.1 Å². The summed E-state index contributed by atoms with van der Waals surface area (Å²) in [6.45, 7) is 15.6. The van der Waals surface area contributed by atoms with Crippen LogP contribution < -0.4 is 5.32 Å². The zero-order valence-corrected chi connectivity index (χ0v) is 12.9. The molecule has 1 aliphatic heterocycles. The lowest BCUT2D eigenvalue weighted by molar-refractivity contribution is -0.0675. The van der Waals surface area contributed by atoms with Gasteiger partial charge in [0.1, 0.15) is 0 Å². The number of morpholine rings is 1. The van der Waals surface area contributed by atoms with Crippen LogP contribution in [-0.2, 0) is 4.74 Å². The first kappa shape index (κ1) is 15.9. The van der Waals surface area contributed by atoms with Gasteiger partial charge in [0, 0.05) is 32.2 Å². The van der Waals surface area contributed by atoms with E-state index in [2.05, 4.69) is 44.8 Å². The topological polar surface area (TPSA) is 24.5 Å². The number of nitrogens with zero attached hydrogens (tertiary/aromatic N) is 1. The van der Waals surface area contributed by atoms with Crippen molar-refractivity contribution in [3.63, 3.8) is 0 Å². The Morgan fingerprint density at radius 3 is 2.28 bits per heavy atom. The number of nitrogens with one attached hydrogen (secondary N) is 1. The van der Waals surface area contributed by atoms with Crippen LogP contribution in [0.2, 0.25) is 0 Å². The molecule has 0 amide bonds. The molecule has 1 aliphatic rings. The van der Waals surface area contributed by atoms with Crippen molar-refractivity contribution in [3.8, 4) is 0 Å². The monoisotopic (exact) mass is 256 g/mol. The number of hydrogen-bond donors (Lipinski definition) is 1. The summed E-state index contributed by atoms with van der Waals surface area (Å²) in [5.74, 6) is 0.815. The van der Waals surface area contributed by atoms with Crippen molar-refractivity contribution in [2.45, 2.75) is 65.7 Å². The molecule has 0 saturated carbocycles. The molecule has 0 radical (unpaired) electrons. The Hall–Kier alpha value is -0.120. The lowest BCUT2D eigenvalue weighted by Crippen LogP contribution is -2.48.